The Morgan fingerprint density at radius 1 is 1.35 bits per heavy atom. The van der Waals surface area contributed by atoms with Crippen LogP contribution in [0.1, 0.15) is 23.2 Å². The maximum absolute atomic E-state index is 12.3. The van der Waals surface area contributed by atoms with Gasteiger partial charge >= 0.3 is 0 Å². The van der Waals surface area contributed by atoms with E-state index in [0.717, 1.165) is 18.2 Å². The molecular weight excluding hydrogens is 322 g/mol. The Morgan fingerprint density at radius 2 is 2.15 bits per heavy atom. The molecule has 0 N–H and O–H groups in total. The molecule has 5 heteroatoms. The summed E-state index contributed by atoms with van der Waals surface area (Å²) < 4.78 is 11.3. The molecule has 1 aromatic carbocycles. The number of allylic oxidation sites excluding steroid dienone is 1. The van der Waals surface area contributed by atoms with E-state index in [0.29, 0.717) is 29.4 Å². The van der Waals surface area contributed by atoms with Crippen molar-refractivity contribution in [1.82, 2.24) is 4.90 Å². The van der Waals surface area contributed by atoms with Gasteiger partial charge in [0.15, 0.2) is 5.76 Å². The van der Waals surface area contributed by atoms with Crippen LogP contribution in [0.3, 0.4) is 0 Å². The Labute approximate surface area is 127 Å². The SMILES string of the molecule is CN(C)C=C1Oc2cccc(OCCCCBr)c2C1=O. The van der Waals surface area contributed by atoms with Crippen molar-refractivity contribution in [2.24, 2.45) is 0 Å². The number of carbonyl (C=O) groups excluding carboxylic acids is 1. The third-order valence-corrected chi connectivity index (χ3v) is 3.38. The second-order valence-corrected chi connectivity index (χ2v) is 5.55. The van der Waals surface area contributed by atoms with E-state index in [1.165, 1.54) is 0 Å². The lowest BCUT2D eigenvalue weighted by Gasteiger charge is -2.07. The molecule has 0 aliphatic carbocycles. The van der Waals surface area contributed by atoms with E-state index < -0.39 is 0 Å². The van der Waals surface area contributed by atoms with Gasteiger partial charge in [-0.1, -0.05) is 22.0 Å². The molecule has 2 rings (SSSR count). The highest BCUT2D eigenvalue weighted by Gasteiger charge is 2.31. The van der Waals surface area contributed by atoms with Crippen molar-refractivity contribution in [3.8, 4) is 11.5 Å². The van der Waals surface area contributed by atoms with Crippen LogP contribution in [0.5, 0.6) is 11.5 Å². The number of unbranched alkanes of at least 4 members (excludes halogenated alkanes) is 1. The fraction of sp³-hybridized carbons (Fsp3) is 0.400. The molecule has 0 unspecified atom stereocenters. The zero-order chi connectivity index (χ0) is 14.5. The summed E-state index contributed by atoms with van der Waals surface area (Å²) in [6.45, 7) is 0.599. The first-order valence-electron chi connectivity index (χ1n) is 6.56. The minimum Gasteiger partial charge on any atom is -0.493 e. The van der Waals surface area contributed by atoms with Crippen molar-refractivity contribution in [3.63, 3.8) is 0 Å². The van der Waals surface area contributed by atoms with E-state index >= 15 is 0 Å². The molecule has 0 fully saturated rings. The Balaban J connectivity index is 2.16. The largest absolute Gasteiger partial charge is 0.493 e. The number of Topliss-reactive ketones (excluding diaryl/α,β-unsaturated/α-hetero) is 1. The first-order valence-corrected chi connectivity index (χ1v) is 7.68. The highest BCUT2D eigenvalue weighted by atomic mass is 79.9. The van der Waals surface area contributed by atoms with E-state index in [1.54, 1.807) is 17.2 Å². The van der Waals surface area contributed by atoms with Gasteiger partial charge in [-0.15, -0.1) is 0 Å². The van der Waals surface area contributed by atoms with Gasteiger partial charge in [-0.3, -0.25) is 4.79 Å². The van der Waals surface area contributed by atoms with Gasteiger partial charge < -0.3 is 14.4 Å². The fourth-order valence-corrected chi connectivity index (χ4v) is 2.32. The van der Waals surface area contributed by atoms with Crippen LogP contribution in [0.2, 0.25) is 0 Å². The first-order chi connectivity index (χ1) is 9.63. The first kappa shape index (κ1) is 14.9. The van der Waals surface area contributed by atoms with Gasteiger partial charge in [-0.25, -0.2) is 0 Å². The lowest BCUT2D eigenvalue weighted by Crippen LogP contribution is -2.09. The van der Waals surface area contributed by atoms with Crippen LogP contribution in [0, 0.1) is 0 Å². The number of ether oxygens (including phenoxy) is 2. The summed E-state index contributed by atoms with van der Waals surface area (Å²) in [5.41, 5.74) is 0.527. The number of hydrogen-bond acceptors (Lipinski definition) is 4. The van der Waals surface area contributed by atoms with E-state index in [1.807, 2.05) is 26.2 Å². The topological polar surface area (TPSA) is 38.8 Å². The Bertz CT molecular complexity index is 526. The van der Waals surface area contributed by atoms with E-state index in [9.17, 15) is 4.79 Å². The summed E-state index contributed by atoms with van der Waals surface area (Å²) in [6, 6.07) is 5.44. The number of fused-ring (bicyclic) bond motifs is 1. The van der Waals surface area contributed by atoms with E-state index in [2.05, 4.69) is 15.9 Å². The third-order valence-electron chi connectivity index (χ3n) is 2.82. The zero-order valence-electron chi connectivity index (χ0n) is 11.7. The smallest absolute Gasteiger partial charge is 0.237 e. The maximum atomic E-state index is 12.3. The van der Waals surface area contributed by atoms with Gasteiger partial charge in [0.25, 0.3) is 0 Å². The summed E-state index contributed by atoms with van der Waals surface area (Å²) in [4.78, 5) is 14.1. The fourth-order valence-electron chi connectivity index (χ4n) is 1.93. The van der Waals surface area contributed by atoms with Crippen molar-refractivity contribution in [1.29, 1.82) is 0 Å². The van der Waals surface area contributed by atoms with Crippen molar-refractivity contribution in [3.05, 3.63) is 35.7 Å². The quantitative estimate of drug-likeness (QED) is 0.453. The molecule has 0 bridgehead atoms. The van der Waals surface area contributed by atoms with Crippen LogP contribution in [-0.4, -0.2) is 36.7 Å². The van der Waals surface area contributed by atoms with Crippen molar-refractivity contribution >= 4 is 21.7 Å². The van der Waals surface area contributed by atoms with Crippen molar-refractivity contribution < 1.29 is 14.3 Å². The molecule has 0 saturated carbocycles. The Hall–Kier alpha value is -1.49. The lowest BCUT2D eigenvalue weighted by molar-refractivity contribution is 0.101. The van der Waals surface area contributed by atoms with Gasteiger partial charge in [-0.2, -0.15) is 0 Å². The van der Waals surface area contributed by atoms with Crippen LogP contribution < -0.4 is 9.47 Å². The third kappa shape index (κ3) is 3.33. The monoisotopic (exact) mass is 339 g/mol. The Morgan fingerprint density at radius 3 is 2.85 bits per heavy atom. The molecule has 108 valence electrons. The number of benzene rings is 1. The molecule has 1 aliphatic rings. The lowest BCUT2D eigenvalue weighted by atomic mass is 10.1. The molecule has 1 heterocycles. The maximum Gasteiger partial charge on any atom is 0.237 e. The minimum atomic E-state index is -0.121. The van der Waals surface area contributed by atoms with Crippen molar-refractivity contribution in [2.75, 3.05) is 26.0 Å². The standard InChI is InChI=1S/C15H18BrNO3/c1-17(2)10-13-15(18)14-11(19-9-4-3-8-16)6-5-7-12(14)20-13/h5-7,10H,3-4,8-9H2,1-2H3. The molecule has 0 amide bonds. The highest BCUT2D eigenvalue weighted by molar-refractivity contribution is 9.09. The van der Waals surface area contributed by atoms with Crippen LogP contribution in [0.25, 0.3) is 0 Å². The number of rotatable bonds is 6. The molecule has 0 radical (unpaired) electrons. The Kier molecular flexibility index (Phi) is 5.06. The van der Waals surface area contributed by atoms with Crippen LogP contribution in [0.4, 0.5) is 0 Å². The summed E-state index contributed by atoms with van der Waals surface area (Å²) >= 11 is 3.38. The number of carbonyl (C=O) groups is 1. The average molecular weight is 340 g/mol. The second kappa shape index (κ2) is 6.79. The number of alkyl halides is 1. The molecule has 4 nitrogen and oxygen atoms in total. The molecule has 0 saturated heterocycles. The predicted molar refractivity (Wildman–Crippen MR) is 81.7 cm³/mol. The van der Waals surface area contributed by atoms with E-state index in [-0.39, 0.29) is 5.78 Å². The predicted octanol–water partition coefficient (Wildman–Crippen LogP) is 3.22. The molecule has 20 heavy (non-hydrogen) atoms. The van der Waals surface area contributed by atoms with Crippen molar-refractivity contribution in [2.45, 2.75) is 12.8 Å². The minimum absolute atomic E-state index is 0.121. The molecule has 1 aromatic rings. The number of halogens is 1. The normalized spacial score (nSPS) is 15.2. The highest BCUT2D eigenvalue weighted by Crippen LogP contribution is 2.37. The number of hydrogen-bond donors (Lipinski definition) is 0. The molecule has 0 spiro atoms. The molecule has 1 aliphatic heterocycles. The summed E-state index contributed by atoms with van der Waals surface area (Å²) in [6.07, 6.45) is 3.67. The molecular formula is C15H18BrNO3. The summed E-state index contributed by atoms with van der Waals surface area (Å²) in [7, 11) is 3.70. The van der Waals surface area contributed by atoms with Gasteiger partial charge in [0, 0.05) is 25.6 Å². The summed E-state index contributed by atoms with van der Waals surface area (Å²) in [5.74, 6) is 1.39. The van der Waals surface area contributed by atoms with E-state index in [4.69, 9.17) is 9.47 Å². The van der Waals surface area contributed by atoms with Gasteiger partial charge in [-0.05, 0) is 25.0 Å². The molecule has 0 aromatic heterocycles. The van der Waals surface area contributed by atoms with Gasteiger partial charge in [0.2, 0.25) is 5.78 Å². The molecule has 0 atom stereocenters. The number of ketones is 1. The zero-order valence-corrected chi connectivity index (χ0v) is 13.3. The average Bonchev–Trinajstić information content (AvgIpc) is 2.72. The van der Waals surface area contributed by atoms with Gasteiger partial charge in [0.05, 0.1) is 6.61 Å². The van der Waals surface area contributed by atoms with Crippen LogP contribution in [-0.2, 0) is 0 Å². The summed E-state index contributed by atoms with van der Waals surface area (Å²) in [5, 5.41) is 0.959. The second-order valence-electron chi connectivity index (χ2n) is 4.76. The van der Waals surface area contributed by atoms with Gasteiger partial charge in [0.1, 0.15) is 17.1 Å². The van der Waals surface area contributed by atoms with Crippen LogP contribution in [0.15, 0.2) is 30.2 Å². The number of nitrogens with zero attached hydrogens (tertiary/aromatic N) is 1. The van der Waals surface area contributed by atoms with Crippen LogP contribution >= 0.6 is 15.9 Å².